The zero-order valence-corrected chi connectivity index (χ0v) is 13.7. The van der Waals surface area contributed by atoms with E-state index in [-0.39, 0.29) is 11.7 Å². The molecule has 0 unspecified atom stereocenters. The average molecular weight is 331 g/mol. The lowest BCUT2D eigenvalue weighted by atomic mass is 10.0. The van der Waals surface area contributed by atoms with Crippen molar-refractivity contribution in [2.45, 2.75) is 0 Å². The van der Waals surface area contributed by atoms with Gasteiger partial charge in [0, 0.05) is 22.4 Å². The summed E-state index contributed by atoms with van der Waals surface area (Å²) in [5.41, 5.74) is 2.33. The number of nitrogens with one attached hydrogen (secondary N) is 1. The fourth-order valence-electron chi connectivity index (χ4n) is 2.41. The minimum absolute atomic E-state index is 0.0669. The molecule has 1 amide bonds. The van der Waals surface area contributed by atoms with Crippen molar-refractivity contribution >= 4 is 17.4 Å². The van der Waals surface area contributed by atoms with Crippen LogP contribution in [0.3, 0.4) is 0 Å². The van der Waals surface area contributed by atoms with Gasteiger partial charge in [-0.3, -0.25) is 9.59 Å². The first-order valence-electron chi connectivity index (χ1n) is 7.82. The van der Waals surface area contributed by atoms with Crippen LogP contribution in [0.4, 0.5) is 5.69 Å². The van der Waals surface area contributed by atoms with Crippen LogP contribution in [0.5, 0.6) is 5.75 Å². The van der Waals surface area contributed by atoms with E-state index in [1.54, 1.807) is 67.8 Å². The highest BCUT2D eigenvalue weighted by molar-refractivity contribution is 6.10. The highest BCUT2D eigenvalue weighted by Gasteiger charge is 2.11. The molecule has 25 heavy (non-hydrogen) atoms. The molecule has 0 bridgehead atoms. The summed E-state index contributed by atoms with van der Waals surface area (Å²) in [7, 11) is 1.59. The number of carbonyl (C=O) groups is 2. The van der Waals surface area contributed by atoms with Gasteiger partial charge in [0.05, 0.1) is 7.11 Å². The maximum atomic E-state index is 12.4. The quantitative estimate of drug-likeness (QED) is 0.714. The van der Waals surface area contributed by atoms with Gasteiger partial charge >= 0.3 is 0 Å². The Labute approximate surface area is 146 Å². The number of methoxy groups -OCH3 is 1. The number of hydrogen-bond acceptors (Lipinski definition) is 3. The Hall–Kier alpha value is -3.40. The van der Waals surface area contributed by atoms with Crippen LogP contribution in [0.25, 0.3) is 0 Å². The number of carbonyl (C=O) groups excluding carboxylic acids is 2. The molecule has 0 radical (unpaired) electrons. The van der Waals surface area contributed by atoms with Crippen molar-refractivity contribution in [1.82, 2.24) is 0 Å². The van der Waals surface area contributed by atoms with E-state index in [4.69, 9.17) is 4.74 Å². The molecule has 0 aliphatic carbocycles. The molecular formula is C21H17NO3. The molecule has 0 heterocycles. The van der Waals surface area contributed by atoms with Gasteiger partial charge in [0.25, 0.3) is 5.91 Å². The predicted molar refractivity (Wildman–Crippen MR) is 97.3 cm³/mol. The zero-order chi connectivity index (χ0) is 17.6. The summed E-state index contributed by atoms with van der Waals surface area (Å²) < 4.78 is 5.09. The van der Waals surface area contributed by atoms with Crippen molar-refractivity contribution in [1.29, 1.82) is 0 Å². The summed E-state index contributed by atoms with van der Waals surface area (Å²) in [5.74, 6) is 0.424. The van der Waals surface area contributed by atoms with E-state index in [9.17, 15) is 9.59 Å². The van der Waals surface area contributed by atoms with E-state index >= 15 is 0 Å². The number of anilines is 1. The Morgan fingerprint density at radius 1 is 0.720 bits per heavy atom. The van der Waals surface area contributed by atoms with Gasteiger partial charge in [0.15, 0.2) is 5.78 Å². The SMILES string of the molecule is COc1ccc(NC(=O)c2ccc(C(=O)c3ccccc3)cc2)cc1. The fourth-order valence-corrected chi connectivity index (χ4v) is 2.41. The molecule has 0 saturated heterocycles. The second-order valence-corrected chi connectivity index (χ2v) is 5.46. The van der Waals surface area contributed by atoms with Crippen molar-refractivity contribution in [3.63, 3.8) is 0 Å². The first-order valence-corrected chi connectivity index (χ1v) is 7.82. The van der Waals surface area contributed by atoms with Crippen LogP contribution in [-0.2, 0) is 0 Å². The van der Waals surface area contributed by atoms with Gasteiger partial charge in [-0.05, 0) is 36.4 Å². The van der Waals surface area contributed by atoms with E-state index in [1.165, 1.54) is 0 Å². The topological polar surface area (TPSA) is 55.4 Å². The van der Waals surface area contributed by atoms with Crippen molar-refractivity contribution in [3.8, 4) is 5.75 Å². The summed E-state index contributed by atoms with van der Waals surface area (Å²) in [4.78, 5) is 24.7. The van der Waals surface area contributed by atoms with Crippen molar-refractivity contribution in [2.75, 3.05) is 12.4 Å². The number of benzene rings is 3. The Kier molecular flexibility index (Phi) is 4.90. The number of hydrogen-bond donors (Lipinski definition) is 1. The molecule has 0 aromatic heterocycles. The second-order valence-electron chi connectivity index (χ2n) is 5.46. The van der Waals surface area contributed by atoms with Crippen molar-refractivity contribution < 1.29 is 14.3 Å². The molecule has 3 rings (SSSR count). The third kappa shape index (κ3) is 3.93. The lowest BCUT2D eigenvalue weighted by Gasteiger charge is -2.07. The zero-order valence-electron chi connectivity index (χ0n) is 13.7. The number of ketones is 1. The molecule has 0 aliphatic heterocycles. The van der Waals surface area contributed by atoms with Crippen LogP contribution in [0.2, 0.25) is 0 Å². The summed E-state index contributed by atoms with van der Waals surface area (Å²) >= 11 is 0. The third-order valence-electron chi connectivity index (χ3n) is 3.79. The third-order valence-corrected chi connectivity index (χ3v) is 3.79. The normalized spacial score (nSPS) is 10.1. The summed E-state index contributed by atoms with van der Waals surface area (Å²) in [6, 6.07) is 22.8. The molecule has 0 aliphatic rings. The minimum Gasteiger partial charge on any atom is -0.497 e. The van der Waals surface area contributed by atoms with Gasteiger partial charge < -0.3 is 10.1 Å². The van der Waals surface area contributed by atoms with E-state index in [0.717, 1.165) is 5.75 Å². The first-order chi connectivity index (χ1) is 12.2. The molecular weight excluding hydrogens is 314 g/mol. The number of amides is 1. The lowest BCUT2D eigenvalue weighted by Crippen LogP contribution is -2.12. The van der Waals surface area contributed by atoms with Crippen LogP contribution in [0.1, 0.15) is 26.3 Å². The maximum absolute atomic E-state index is 12.4. The second kappa shape index (κ2) is 7.45. The molecule has 0 spiro atoms. The predicted octanol–water partition coefficient (Wildman–Crippen LogP) is 4.18. The van der Waals surface area contributed by atoms with Gasteiger partial charge in [0.1, 0.15) is 5.75 Å². The van der Waals surface area contributed by atoms with Gasteiger partial charge in [0.2, 0.25) is 0 Å². The maximum Gasteiger partial charge on any atom is 0.255 e. The Morgan fingerprint density at radius 2 is 1.28 bits per heavy atom. The molecule has 4 heteroatoms. The van der Waals surface area contributed by atoms with Crippen LogP contribution in [0.15, 0.2) is 78.9 Å². The van der Waals surface area contributed by atoms with Gasteiger partial charge in [-0.15, -0.1) is 0 Å². The summed E-state index contributed by atoms with van der Waals surface area (Å²) in [5, 5.41) is 2.81. The highest BCUT2D eigenvalue weighted by atomic mass is 16.5. The van der Waals surface area contributed by atoms with E-state index in [1.807, 2.05) is 18.2 Å². The molecule has 3 aromatic carbocycles. The van der Waals surface area contributed by atoms with Gasteiger partial charge in [-0.25, -0.2) is 0 Å². The largest absolute Gasteiger partial charge is 0.497 e. The lowest BCUT2D eigenvalue weighted by molar-refractivity contribution is 0.102. The first kappa shape index (κ1) is 16.5. The fraction of sp³-hybridized carbons (Fsp3) is 0.0476. The van der Waals surface area contributed by atoms with Crippen LogP contribution in [0, 0.1) is 0 Å². The average Bonchev–Trinajstić information content (AvgIpc) is 2.69. The summed E-state index contributed by atoms with van der Waals surface area (Å²) in [6.45, 7) is 0. The Bertz CT molecular complexity index is 869. The summed E-state index contributed by atoms with van der Waals surface area (Å²) in [6.07, 6.45) is 0. The molecule has 0 saturated carbocycles. The van der Waals surface area contributed by atoms with E-state index in [0.29, 0.717) is 22.4 Å². The Morgan fingerprint density at radius 3 is 1.88 bits per heavy atom. The minimum atomic E-state index is -0.233. The van der Waals surface area contributed by atoms with E-state index in [2.05, 4.69) is 5.32 Å². The van der Waals surface area contributed by atoms with E-state index < -0.39 is 0 Å². The van der Waals surface area contributed by atoms with Crippen LogP contribution >= 0.6 is 0 Å². The molecule has 0 atom stereocenters. The van der Waals surface area contributed by atoms with Crippen molar-refractivity contribution in [2.24, 2.45) is 0 Å². The molecule has 3 aromatic rings. The number of ether oxygens (including phenoxy) is 1. The standard InChI is InChI=1S/C21H17NO3/c1-25-19-13-11-18(12-14-19)22-21(24)17-9-7-16(8-10-17)20(23)15-5-3-2-4-6-15/h2-14H,1H3,(H,22,24). The Balaban J connectivity index is 1.71. The molecule has 4 nitrogen and oxygen atoms in total. The monoisotopic (exact) mass is 331 g/mol. The smallest absolute Gasteiger partial charge is 0.255 e. The van der Waals surface area contributed by atoms with Gasteiger partial charge in [-0.1, -0.05) is 42.5 Å². The molecule has 0 fully saturated rings. The van der Waals surface area contributed by atoms with Gasteiger partial charge in [-0.2, -0.15) is 0 Å². The van der Waals surface area contributed by atoms with Crippen LogP contribution in [-0.4, -0.2) is 18.8 Å². The van der Waals surface area contributed by atoms with Crippen LogP contribution < -0.4 is 10.1 Å². The highest BCUT2D eigenvalue weighted by Crippen LogP contribution is 2.16. The van der Waals surface area contributed by atoms with Crippen molar-refractivity contribution in [3.05, 3.63) is 95.6 Å². The number of rotatable bonds is 5. The molecule has 124 valence electrons. The molecule has 1 N–H and O–H groups in total.